The van der Waals surface area contributed by atoms with Gasteiger partial charge in [0.25, 0.3) is 6.01 Å². The van der Waals surface area contributed by atoms with Crippen molar-refractivity contribution >= 4 is 44.4 Å². The molecular weight excluding hydrogens is 318 g/mol. The van der Waals surface area contributed by atoms with Crippen molar-refractivity contribution in [2.75, 3.05) is 11.1 Å². The molecule has 0 amide bonds. The first-order valence-electron chi connectivity index (χ1n) is 6.23. The number of benzene rings is 2. The maximum atomic E-state index is 5.73. The van der Waals surface area contributed by atoms with Gasteiger partial charge in [0, 0.05) is 15.8 Å². The van der Waals surface area contributed by atoms with Gasteiger partial charge in [-0.25, -0.2) is 0 Å². The second-order valence-corrected chi connectivity index (χ2v) is 5.59. The van der Waals surface area contributed by atoms with Gasteiger partial charge in [0.2, 0.25) is 0 Å². The fraction of sp³-hybridized carbons (Fsp3) is 0.133. The molecule has 1 heterocycles. The molecule has 3 N–H and O–H groups in total. The van der Waals surface area contributed by atoms with Crippen molar-refractivity contribution in [2.45, 2.75) is 13.8 Å². The van der Waals surface area contributed by atoms with E-state index in [1.165, 1.54) is 0 Å². The number of rotatable bonds is 2. The van der Waals surface area contributed by atoms with E-state index in [0.29, 0.717) is 17.3 Å². The van der Waals surface area contributed by atoms with Gasteiger partial charge in [0.05, 0.1) is 0 Å². The number of nitrogens with zero attached hydrogens (tertiary/aromatic N) is 1. The Kier molecular flexibility index (Phi) is 3.14. The predicted molar refractivity (Wildman–Crippen MR) is 85.3 cm³/mol. The zero-order valence-electron chi connectivity index (χ0n) is 11.2. The molecule has 0 aliphatic rings. The maximum absolute atomic E-state index is 5.73. The minimum atomic E-state index is 0.465. The van der Waals surface area contributed by atoms with Gasteiger partial charge in [-0.05, 0) is 55.3 Å². The van der Waals surface area contributed by atoms with E-state index in [2.05, 4.69) is 40.1 Å². The molecule has 5 heteroatoms. The van der Waals surface area contributed by atoms with E-state index in [-0.39, 0.29) is 0 Å². The van der Waals surface area contributed by atoms with Crippen LogP contribution in [0, 0.1) is 13.8 Å². The van der Waals surface area contributed by atoms with E-state index < -0.39 is 0 Å². The fourth-order valence-electron chi connectivity index (χ4n) is 2.14. The van der Waals surface area contributed by atoms with E-state index in [4.69, 9.17) is 10.2 Å². The van der Waals surface area contributed by atoms with Crippen molar-refractivity contribution in [1.82, 2.24) is 4.98 Å². The van der Waals surface area contributed by atoms with E-state index in [0.717, 1.165) is 26.8 Å². The van der Waals surface area contributed by atoms with Crippen molar-refractivity contribution in [2.24, 2.45) is 0 Å². The Hall–Kier alpha value is -2.01. The highest BCUT2D eigenvalue weighted by molar-refractivity contribution is 9.10. The summed E-state index contributed by atoms with van der Waals surface area (Å²) in [5.74, 6) is 0. The van der Waals surface area contributed by atoms with E-state index in [9.17, 15) is 0 Å². The highest BCUT2D eigenvalue weighted by atomic mass is 79.9. The van der Waals surface area contributed by atoms with Crippen LogP contribution in [-0.4, -0.2) is 4.98 Å². The van der Waals surface area contributed by atoms with E-state index in [1.807, 2.05) is 18.2 Å². The van der Waals surface area contributed by atoms with Gasteiger partial charge >= 0.3 is 0 Å². The van der Waals surface area contributed by atoms with Crippen LogP contribution >= 0.6 is 15.9 Å². The lowest BCUT2D eigenvalue weighted by Gasteiger charge is -2.07. The summed E-state index contributed by atoms with van der Waals surface area (Å²) in [7, 11) is 0. The number of aromatic nitrogens is 1. The number of nitrogen functional groups attached to an aromatic ring is 1. The molecule has 0 saturated heterocycles. The topological polar surface area (TPSA) is 64.1 Å². The molecular formula is C15H14BrN3O. The molecule has 0 unspecified atom stereocenters. The van der Waals surface area contributed by atoms with Crippen molar-refractivity contribution < 1.29 is 4.42 Å². The minimum absolute atomic E-state index is 0.465. The summed E-state index contributed by atoms with van der Waals surface area (Å²) in [5, 5.41) is 3.18. The standard InChI is InChI=1S/C15H14BrN3O/c1-8-5-11(6-9(2)14(8)16)18-15-19-12-7-10(17)3-4-13(12)20-15/h3-7H,17H2,1-2H3,(H,18,19). The molecule has 0 aliphatic carbocycles. The molecule has 2 aromatic carbocycles. The summed E-state index contributed by atoms with van der Waals surface area (Å²) in [6.07, 6.45) is 0. The highest BCUT2D eigenvalue weighted by Crippen LogP contribution is 2.28. The second-order valence-electron chi connectivity index (χ2n) is 4.80. The molecule has 3 aromatic rings. The molecule has 0 aliphatic heterocycles. The van der Waals surface area contributed by atoms with Gasteiger partial charge in [-0.15, -0.1) is 0 Å². The normalized spacial score (nSPS) is 10.9. The number of nitrogens with two attached hydrogens (primary N) is 1. The number of halogens is 1. The molecule has 4 nitrogen and oxygen atoms in total. The second kappa shape index (κ2) is 4.83. The lowest BCUT2D eigenvalue weighted by atomic mass is 10.1. The van der Waals surface area contributed by atoms with Gasteiger partial charge in [-0.1, -0.05) is 15.9 Å². The molecule has 1 aromatic heterocycles. The van der Waals surface area contributed by atoms with Crippen LogP contribution < -0.4 is 11.1 Å². The molecule has 0 saturated carbocycles. The average Bonchev–Trinajstić information content (AvgIpc) is 2.77. The predicted octanol–water partition coefficient (Wildman–Crippen LogP) is 4.53. The van der Waals surface area contributed by atoms with Crippen LogP contribution in [0.5, 0.6) is 0 Å². The third-order valence-corrected chi connectivity index (χ3v) is 4.35. The van der Waals surface area contributed by atoms with Crippen molar-refractivity contribution in [3.8, 4) is 0 Å². The summed E-state index contributed by atoms with van der Waals surface area (Å²) in [4.78, 5) is 4.38. The monoisotopic (exact) mass is 331 g/mol. The molecule has 3 rings (SSSR count). The Morgan fingerprint density at radius 2 is 1.85 bits per heavy atom. The average molecular weight is 332 g/mol. The van der Waals surface area contributed by atoms with E-state index in [1.54, 1.807) is 12.1 Å². The fourth-order valence-corrected chi connectivity index (χ4v) is 2.37. The van der Waals surface area contributed by atoms with Crippen LogP contribution in [-0.2, 0) is 0 Å². The van der Waals surface area contributed by atoms with Crippen LogP contribution in [0.15, 0.2) is 39.2 Å². The third kappa shape index (κ3) is 2.36. The largest absolute Gasteiger partial charge is 0.423 e. The van der Waals surface area contributed by atoms with Crippen LogP contribution in [0.3, 0.4) is 0 Å². The van der Waals surface area contributed by atoms with E-state index >= 15 is 0 Å². The first kappa shape index (κ1) is 13.0. The number of hydrogen-bond donors (Lipinski definition) is 2. The summed E-state index contributed by atoms with van der Waals surface area (Å²) in [6.45, 7) is 4.10. The number of fused-ring (bicyclic) bond motifs is 1. The van der Waals surface area contributed by atoms with Gasteiger partial charge in [-0.2, -0.15) is 4.98 Å². The summed E-state index contributed by atoms with van der Waals surface area (Å²) in [5.41, 5.74) is 11.1. The van der Waals surface area contributed by atoms with Crippen molar-refractivity contribution in [1.29, 1.82) is 0 Å². The highest BCUT2D eigenvalue weighted by Gasteiger charge is 2.08. The molecule has 102 valence electrons. The lowest BCUT2D eigenvalue weighted by Crippen LogP contribution is -1.93. The first-order chi connectivity index (χ1) is 9.52. The van der Waals surface area contributed by atoms with Crippen LogP contribution in [0.1, 0.15) is 11.1 Å². The Morgan fingerprint density at radius 1 is 1.15 bits per heavy atom. The number of oxazole rings is 1. The van der Waals surface area contributed by atoms with Crippen molar-refractivity contribution in [3.05, 3.63) is 45.9 Å². The molecule has 20 heavy (non-hydrogen) atoms. The Labute approximate surface area is 125 Å². The maximum Gasteiger partial charge on any atom is 0.300 e. The summed E-state index contributed by atoms with van der Waals surface area (Å²) in [6, 6.07) is 9.96. The molecule has 0 radical (unpaired) electrons. The Balaban J connectivity index is 1.96. The van der Waals surface area contributed by atoms with Gasteiger partial charge in [0.1, 0.15) is 5.52 Å². The molecule has 0 fully saturated rings. The molecule has 0 spiro atoms. The first-order valence-corrected chi connectivity index (χ1v) is 7.02. The van der Waals surface area contributed by atoms with Crippen LogP contribution in [0.2, 0.25) is 0 Å². The van der Waals surface area contributed by atoms with Gasteiger partial charge in [-0.3, -0.25) is 0 Å². The zero-order valence-corrected chi connectivity index (χ0v) is 12.8. The molecule has 0 bridgehead atoms. The summed E-state index contributed by atoms with van der Waals surface area (Å²) < 4.78 is 6.77. The van der Waals surface area contributed by atoms with Gasteiger partial charge in [0.15, 0.2) is 5.58 Å². The number of anilines is 3. The summed E-state index contributed by atoms with van der Waals surface area (Å²) >= 11 is 3.55. The quantitative estimate of drug-likeness (QED) is 0.677. The van der Waals surface area contributed by atoms with Crippen LogP contribution in [0.25, 0.3) is 11.1 Å². The number of aryl methyl sites for hydroxylation is 2. The zero-order chi connectivity index (χ0) is 14.3. The lowest BCUT2D eigenvalue weighted by molar-refractivity contribution is 0.623. The third-order valence-electron chi connectivity index (χ3n) is 3.10. The smallest absolute Gasteiger partial charge is 0.300 e. The SMILES string of the molecule is Cc1cc(Nc2nc3cc(N)ccc3o2)cc(C)c1Br. The van der Waals surface area contributed by atoms with Crippen molar-refractivity contribution in [3.63, 3.8) is 0 Å². The van der Waals surface area contributed by atoms with Crippen LogP contribution in [0.4, 0.5) is 17.4 Å². The molecule has 0 atom stereocenters. The minimum Gasteiger partial charge on any atom is -0.423 e. The Morgan fingerprint density at radius 3 is 2.55 bits per heavy atom. The van der Waals surface area contributed by atoms with Gasteiger partial charge < -0.3 is 15.5 Å². The number of nitrogens with one attached hydrogen (secondary N) is 1. The number of hydrogen-bond acceptors (Lipinski definition) is 4. The Bertz CT molecular complexity index is 772.